The Balaban J connectivity index is 4.41. The van der Waals surface area contributed by atoms with E-state index in [0.717, 1.165) is 6.42 Å². The Morgan fingerprint density at radius 2 is 2.17 bits per heavy atom. The summed E-state index contributed by atoms with van der Waals surface area (Å²) in [6, 6.07) is 0. The molecular formula is C7H12ClNO2S. The minimum absolute atomic E-state index is 0.100. The predicted molar refractivity (Wildman–Crippen MR) is 50.3 cm³/mol. The lowest BCUT2D eigenvalue weighted by Crippen LogP contribution is -2.32. The smallest absolute Gasteiger partial charge is 0.211 e. The molecule has 0 saturated carbocycles. The predicted octanol–water partition coefficient (Wildman–Crippen LogP) is 0.858. The number of halogens is 1. The molecule has 0 aromatic rings. The van der Waals surface area contributed by atoms with E-state index in [1.54, 1.807) is 0 Å². The van der Waals surface area contributed by atoms with Crippen LogP contribution in [0.5, 0.6) is 0 Å². The van der Waals surface area contributed by atoms with Crippen molar-refractivity contribution in [3.8, 4) is 12.3 Å². The van der Waals surface area contributed by atoms with E-state index in [4.69, 9.17) is 18.0 Å². The van der Waals surface area contributed by atoms with Gasteiger partial charge in [0.05, 0.1) is 6.54 Å². The molecule has 0 aromatic heterocycles. The van der Waals surface area contributed by atoms with Crippen LogP contribution in [0, 0.1) is 12.3 Å². The number of rotatable bonds is 5. The topological polar surface area (TPSA) is 37.4 Å². The lowest BCUT2D eigenvalue weighted by molar-refractivity contribution is 0.449. The van der Waals surface area contributed by atoms with E-state index < -0.39 is 15.2 Å². The summed E-state index contributed by atoms with van der Waals surface area (Å²) >= 11 is 5.26. The molecule has 5 heteroatoms. The highest BCUT2D eigenvalue weighted by Gasteiger charge is 2.18. The van der Waals surface area contributed by atoms with E-state index in [2.05, 4.69) is 5.92 Å². The van der Waals surface area contributed by atoms with Crippen LogP contribution in [0.4, 0.5) is 0 Å². The summed E-state index contributed by atoms with van der Waals surface area (Å²) in [6.45, 7) is 2.41. The van der Waals surface area contributed by atoms with Gasteiger partial charge in [-0.15, -0.1) is 18.0 Å². The molecule has 0 aliphatic rings. The Labute approximate surface area is 78.8 Å². The van der Waals surface area contributed by atoms with Crippen molar-refractivity contribution < 1.29 is 8.42 Å². The molecule has 12 heavy (non-hydrogen) atoms. The summed E-state index contributed by atoms with van der Waals surface area (Å²) in [5.41, 5.74) is 0. The van der Waals surface area contributed by atoms with Crippen LogP contribution < -0.4 is 0 Å². The molecule has 0 unspecified atom stereocenters. The van der Waals surface area contributed by atoms with E-state index in [-0.39, 0.29) is 6.54 Å². The van der Waals surface area contributed by atoms with E-state index in [9.17, 15) is 8.42 Å². The van der Waals surface area contributed by atoms with Gasteiger partial charge in [-0.25, -0.2) is 8.42 Å². The van der Waals surface area contributed by atoms with E-state index >= 15 is 0 Å². The third-order valence-corrected chi connectivity index (χ3v) is 3.47. The summed E-state index contributed by atoms with van der Waals surface area (Å²) < 4.78 is 23.6. The van der Waals surface area contributed by atoms with Crippen molar-refractivity contribution in [2.24, 2.45) is 0 Å². The van der Waals surface area contributed by atoms with Gasteiger partial charge >= 0.3 is 0 Å². The SMILES string of the molecule is C#CCN(CCC)S(=O)(=O)CCl. The van der Waals surface area contributed by atoms with E-state index in [1.807, 2.05) is 6.92 Å². The highest BCUT2D eigenvalue weighted by Crippen LogP contribution is 2.03. The Hall–Kier alpha value is -0.240. The van der Waals surface area contributed by atoms with Gasteiger partial charge < -0.3 is 0 Å². The minimum Gasteiger partial charge on any atom is -0.211 e. The maximum absolute atomic E-state index is 11.2. The van der Waals surface area contributed by atoms with Crippen LogP contribution in [-0.4, -0.2) is 31.0 Å². The van der Waals surface area contributed by atoms with Gasteiger partial charge in [0.25, 0.3) is 0 Å². The van der Waals surface area contributed by atoms with Crippen LogP contribution in [0.15, 0.2) is 0 Å². The number of nitrogens with zero attached hydrogens (tertiary/aromatic N) is 1. The third kappa shape index (κ3) is 3.44. The van der Waals surface area contributed by atoms with Crippen molar-refractivity contribution in [2.45, 2.75) is 13.3 Å². The number of hydrogen-bond acceptors (Lipinski definition) is 2. The van der Waals surface area contributed by atoms with Crippen molar-refractivity contribution in [3.05, 3.63) is 0 Å². The van der Waals surface area contributed by atoms with Crippen LogP contribution in [0.3, 0.4) is 0 Å². The molecule has 0 amide bonds. The summed E-state index contributed by atoms with van der Waals surface area (Å²) in [6.07, 6.45) is 5.75. The Bertz CT molecular complexity index is 255. The Morgan fingerprint density at radius 1 is 1.58 bits per heavy atom. The molecular weight excluding hydrogens is 198 g/mol. The lowest BCUT2D eigenvalue weighted by atomic mass is 10.5. The molecule has 0 N–H and O–H groups in total. The van der Waals surface area contributed by atoms with Crippen LogP contribution in [0.2, 0.25) is 0 Å². The third-order valence-electron chi connectivity index (χ3n) is 1.27. The maximum atomic E-state index is 11.2. The molecule has 0 heterocycles. The molecule has 0 aromatic carbocycles. The fourth-order valence-corrected chi connectivity index (χ4v) is 2.02. The highest BCUT2D eigenvalue weighted by atomic mass is 35.5. The van der Waals surface area contributed by atoms with Gasteiger partial charge in [-0.05, 0) is 6.42 Å². The zero-order valence-corrected chi connectivity index (χ0v) is 8.53. The second-order valence-corrected chi connectivity index (χ2v) is 4.81. The second kappa shape index (κ2) is 5.41. The van der Waals surface area contributed by atoms with Crippen molar-refractivity contribution in [1.29, 1.82) is 0 Å². The molecule has 0 rings (SSSR count). The zero-order valence-electron chi connectivity index (χ0n) is 6.96. The average molecular weight is 210 g/mol. The van der Waals surface area contributed by atoms with Gasteiger partial charge in [-0.3, -0.25) is 0 Å². The number of alkyl halides is 1. The van der Waals surface area contributed by atoms with Crippen molar-refractivity contribution >= 4 is 21.6 Å². The van der Waals surface area contributed by atoms with Gasteiger partial charge in [-0.2, -0.15) is 4.31 Å². The Morgan fingerprint density at radius 3 is 2.50 bits per heavy atom. The first kappa shape index (κ1) is 11.8. The summed E-state index contributed by atoms with van der Waals surface area (Å²) in [7, 11) is -3.33. The molecule has 0 fully saturated rings. The fourth-order valence-electron chi connectivity index (χ4n) is 0.737. The molecule has 3 nitrogen and oxygen atoms in total. The monoisotopic (exact) mass is 209 g/mol. The molecule has 0 aliphatic heterocycles. The molecule has 0 radical (unpaired) electrons. The first-order valence-electron chi connectivity index (χ1n) is 3.55. The van der Waals surface area contributed by atoms with Gasteiger partial charge in [0.1, 0.15) is 5.21 Å². The average Bonchev–Trinajstić information content (AvgIpc) is 2.04. The fraction of sp³-hybridized carbons (Fsp3) is 0.714. The Kier molecular flexibility index (Phi) is 5.31. The maximum Gasteiger partial charge on any atom is 0.229 e. The molecule has 0 bridgehead atoms. The van der Waals surface area contributed by atoms with E-state index in [1.165, 1.54) is 4.31 Å². The summed E-state index contributed by atoms with van der Waals surface area (Å²) in [5.74, 6) is 2.28. The summed E-state index contributed by atoms with van der Waals surface area (Å²) in [5, 5.41) is -0.408. The second-order valence-electron chi connectivity index (χ2n) is 2.26. The molecule has 0 aliphatic carbocycles. The van der Waals surface area contributed by atoms with Gasteiger partial charge in [-0.1, -0.05) is 12.8 Å². The van der Waals surface area contributed by atoms with Crippen molar-refractivity contribution in [1.82, 2.24) is 4.31 Å². The van der Waals surface area contributed by atoms with Crippen molar-refractivity contribution in [2.75, 3.05) is 18.3 Å². The largest absolute Gasteiger partial charge is 0.229 e. The molecule has 0 atom stereocenters. The minimum atomic E-state index is -3.33. The zero-order chi connectivity index (χ0) is 9.61. The van der Waals surface area contributed by atoms with Crippen LogP contribution in [0.1, 0.15) is 13.3 Å². The molecule has 0 spiro atoms. The lowest BCUT2D eigenvalue weighted by Gasteiger charge is -2.16. The molecule has 0 saturated heterocycles. The van der Waals surface area contributed by atoms with Crippen LogP contribution >= 0.6 is 11.6 Å². The van der Waals surface area contributed by atoms with Gasteiger partial charge in [0.2, 0.25) is 10.0 Å². The quantitative estimate of drug-likeness (QED) is 0.498. The van der Waals surface area contributed by atoms with Gasteiger partial charge in [0.15, 0.2) is 0 Å². The number of sulfonamides is 1. The normalized spacial score (nSPS) is 11.5. The van der Waals surface area contributed by atoms with Gasteiger partial charge in [0, 0.05) is 6.54 Å². The van der Waals surface area contributed by atoms with E-state index in [0.29, 0.717) is 6.54 Å². The highest BCUT2D eigenvalue weighted by molar-refractivity contribution is 7.90. The first-order valence-corrected chi connectivity index (χ1v) is 5.70. The first-order chi connectivity index (χ1) is 5.58. The number of terminal acetylenes is 1. The van der Waals surface area contributed by atoms with Crippen molar-refractivity contribution in [3.63, 3.8) is 0 Å². The van der Waals surface area contributed by atoms with Crippen LogP contribution in [0.25, 0.3) is 0 Å². The van der Waals surface area contributed by atoms with Crippen LogP contribution in [-0.2, 0) is 10.0 Å². The molecule has 70 valence electrons. The number of hydrogen-bond donors (Lipinski definition) is 0. The standard InChI is InChI=1S/C7H12ClNO2S/c1-3-5-9(6-4-2)12(10,11)7-8/h1H,4-7H2,2H3. The summed E-state index contributed by atoms with van der Waals surface area (Å²) in [4.78, 5) is 0.